The topological polar surface area (TPSA) is 99.7 Å². The fourth-order valence-electron chi connectivity index (χ4n) is 6.26. The molecule has 0 atom stereocenters. The first-order chi connectivity index (χ1) is 20.9. The van der Waals surface area contributed by atoms with Crippen molar-refractivity contribution < 1.29 is 13.2 Å². The number of sulfonamides is 1. The van der Waals surface area contributed by atoms with Crippen molar-refractivity contribution in [1.82, 2.24) is 19.6 Å². The summed E-state index contributed by atoms with van der Waals surface area (Å²) in [6.45, 7) is 7.15. The molecule has 0 unspecified atom stereocenters. The third kappa shape index (κ3) is 7.09. The number of nitrogens with one attached hydrogen (secondary N) is 2. The first-order valence-corrected chi connectivity index (χ1v) is 17.4. The van der Waals surface area contributed by atoms with Crippen LogP contribution >= 0.6 is 11.6 Å². The zero-order valence-corrected chi connectivity index (χ0v) is 26.3. The molecule has 0 bridgehead atoms. The molecule has 3 aromatic rings. The van der Waals surface area contributed by atoms with Gasteiger partial charge in [-0.05, 0) is 76.7 Å². The van der Waals surface area contributed by atoms with Gasteiger partial charge >= 0.3 is 0 Å². The van der Waals surface area contributed by atoms with Gasteiger partial charge < -0.3 is 19.9 Å². The third-order valence-corrected chi connectivity index (χ3v) is 10.7. The van der Waals surface area contributed by atoms with Gasteiger partial charge in [-0.25, -0.2) is 23.1 Å². The van der Waals surface area contributed by atoms with Crippen LogP contribution < -0.4 is 19.7 Å². The van der Waals surface area contributed by atoms with Gasteiger partial charge in [-0.15, -0.1) is 0 Å². The average molecular weight is 625 g/mol. The largest absolute Gasteiger partial charge is 0.494 e. The molecule has 1 aliphatic carbocycles. The van der Waals surface area contributed by atoms with Crippen LogP contribution in [-0.4, -0.2) is 68.2 Å². The zero-order chi connectivity index (χ0) is 29.8. The number of benzene rings is 2. The Balaban J connectivity index is 1.17. The minimum atomic E-state index is -3.70. The lowest BCUT2D eigenvalue weighted by Gasteiger charge is -2.38. The van der Waals surface area contributed by atoms with Crippen LogP contribution in [0.1, 0.15) is 63.3 Å². The minimum absolute atomic E-state index is 0.0139. The molecule has 3 heterocycles. The maximum absolute atomic E-state index is 13.1. The van der Waals surface area contributed by atoms with Crippen molar-refractivity contribution in [3.8, 4) is 5.75 Å². The van der Waals surface area contributed by atoms with E-state index in [1.807, 2.05) is 6.92 Å². The van der Waals surface area contributed by atoms with E-state index in [0.29, 0.717) is 41.4 Å². The summed E-state index contributed by atoms with van der Waals surface area (Å²) in [6, 6.07) is 13.9. The number of aromatic nitrogens is 2. The number of para-hydroxylation sites is 1. The predicted octanol–water partition coefficient (Wildman–Crippen LogP) is 5.76. The normalized spacial score (nSPS) is 18.5. The van der Waals surface area contributed by atoms with Gasteiger partial charge in [0.05, 0.1) is 18.5 Å². The first-order valence-electron chi connectivity index (χ1n) is 15.5. The number of nitrogens with zero attached hydrogens (tertiary/aromatic N) is 4. The molecule has 0 radical (unpaired) electrons. The number of piperidine rings is 1. The first kappa shape index (κ1) is 30.1. The number of hydrogen-bond acceptors (Lipinski definition) is 8. The Hall–Kier alpha value is -2.92. The fraction of sp³-hybridized carbons (Fsp3) is 0.500. The van der Waals surface area contributed by atoms with E-state index in [4.69, 9.17) is 21.3 Å². The number of anilines is 3. The van der Waals surface area contributed by atoms with Crippen molar-refractivity contribution in [2.75, 3.05) is 43.0 Å². The highest BCUT2D eigenvalue weighted by molar-refractivity contribution is 7.89. The van der Waals surface area contributed by atoms with E-state index in [9.17, 15) is 8.42 Å². The van der Waals surface area contributed by atoms with Crippen LogP contribution in [0.5, 0.6) is 5.75 Å². The number of ether oxygens (including phenoxy) is 1. The van der Waals surface area contributed by atoms with Crippen molar-refractivity contribution in [3.05, 3.63) is 65.1 Å². The lowest BCUT2D eigenvalue weighted by molar-refractivity contribution is 0.208. The molecule has 11 heteroatoms. The van der Waals surface area contributed by atoms with Gasteiger partial charge in [0.1, 0.15) is 21.5 Å². The maximum Gasteiger partial charge on any atom is 0.242 e. The van der Waals surface area contributed by atoms with Crippen LogP contribution in [0.25, 0.3) is 0 Å². The lowest BCUT2D eigenvalue weighted by atomic mass is 9.94. The monoisotopic (exact) mass is 624 g/mol. The number of halogens is 1. The summed E-state index contributed by atoms with van der Waals surface area (Å²) >= 11 is 6.49. The van der Waals surface area contributed by atoms with E-state index < -0.39 is 10.0 Å². The predicted molar refractivity (Wildman–Crippen MR) is 171 cm³/mol. The Labute approximate surface area is 260 Å². The van der Waals surface area contributed by atoms with Gasteiger partial charge in [-0.3, -0.25) is 0 Å². The second-order valence-corrected chi connectivity index (χ2v) is 13.8. The Bertz CT molecular complexity index is 1520. The fourth-order valence-corrected chi connectivity index (χ4v) is 7.87. The molecule has 230 valence electrons. The Morgan fingerprint density at radius 3 is 2.49 bits per heavy atom. The van der Waals surface area contributed by atoms with Gasteiger partial charge in [-0.1, -0.05) is 36.2 Å². The molecule has 0 amide bonds. The highest BCUT2D eigenvalue weighted by Gasteiger charge is 2.28. The molecule has 2 aliphatic heterocycles. The molecule has 0 spiro atoms. The zero-order valence-electron chi connectivity index (χ0n) is 24.8. The number of hydrogen-bond donors (Lipinski definition) is 2. The Kier molecular flexibility index (Phi) is 9.37. The second-order valence-electron chi connectivity index (χ2n) is 11.7. The standard InChI is InChI=1S/C32H41ClN6O3S/c1-2-42-29-21-26(39-18-14-25(15-19-39)38-16-5-6-17-38)13-12-23(29)20-31-34-22-27(33)32(36-31)35-28-10-3-4-11-30(28)43(40,41)37-24-8-7-9-24/h3-4,10-13,21-22,24-25,37H,2,5-9,14-20H2,1H3,(H,34,35,36). The molecule has 2 aromatic carbocycles. The van der Waals surface area contributed by atoms with Crippen LogP contribution in [0.15, 0.2) is 53.6 Å². The Morgan fingerprint density at radius 2 is 1.77 bits per heavy atom. The summed E-state index contributed by atoms with van der Waals surface area (Å²) in [5, 5.41) is 3.46. The maximum atomic E-state index is 13.1. The molecule has 1 saturated carbocycles. The van der Waals surface area contributed by atoms with Crippen molar-refractivity contribution >= 4 is 38.8 Å². The molecule has 6 rings (SSSR count). The second kappa shape index (κ2) is 13.4. The summed E-state index contributed by atoms with van der Waals surface area (Å²) < 4.78 is 35.1. The molecule has 2 N–H and O–H groups in total. The van der Waals surface area contributed by atoms with Crippen LogP contribution in [0.4, 0.5) is 17.2 Å². The lowest BCUT2D eigenvalue weighted by Crippen LogP contribution is -2.43. The van der Waals surface area contributed by atoms with Crippen LogP contribution in [0, 0.1) is 0 Å². The average Bonchev–Trinajstić information content (AvgIpc) is 3.54. The number of likely N-dealkylation sites (tertiary alicyclic amines) is 1. The van der Waals surface area contributed by atoms with Crippen LogP contribution in [0.2, 0.25) is 5.02 Å². The summed E-state index contributed by atoms with van der Waals surface area (Å²) in [6.07, 6.45) is 9.81. The molecule has 9 nitrogen and oxygen atoms in total. The highest BCUT2D eigenvalue weighted by atomic mass is 35.5. The van der Waals surface area contributed by atoms with E-state index >= 15 is 0 Å². The SMILES string of the molecule is CCOc1cc(N2CCC(N3CCCC3)CC2)ccc1Cc1ncc(Cl)c(Nc2ccccc2S(=O)(=O)NC2CCC2)n1. The molecule has 3 fully saturated rings. The van der Waals surface area contributed by atoms with E-state index in [0.717, 1.165) is 43.7 Å². The van der Waals surface area contributed by atoms with Crippen LogP contribution in [-0.2, 0) is 16.4 Å². The summed E-state index contributed by atoms with van der Waals surface area (Å²) in [5.74, 6) is 1.74. The minimum Gasteiger partial charge on any atom is -0.494 e. The molecular weight excluding hydrogens is 584 g/mol. The van der Waals surface area contributed by atoms with Crippen LogP contribution in [0.3, 0.4) is 0 Å². The van der Waals surface area contributed by atoms with Crippen molar-refractivity contribution in [2.24, 2.45) is 0 Å². The smallest absolute Gasteiger partial charge is 0.242 e. The van der Waals surface area contributed by atoms with E-state index in [2.05, 4.69) is 43.0 Å². The summed E-state index contributed by atoms with van der Waals surface area (Å²) in [5.41, 5.74) is 2.58. The molecule has 43 heavy (non-hydrogen) atoms. The summed E-state index contributed by atoms with van der Waals surface area (Å²) in [4.78, 5) is 14.5. The van der Waals surface area contributed by atoms with Gasteiger partial charge in [0.25, 0.3) is 0 Å². The summed E-state index contributed by atoms with van der Waals surface area (Å²) in [7, 11) is -3.70. The van der Waals surface area contributed by atoms with Gasteiger partial charge in [-0.2, -0.15) is 0 Å². The quantitative estimate of drug-likeness (QED) is 0.278. The van der Waals surface area contributed by atoms with Gasteiger partial charge in [0.15, 0.2) is 5.82 Å². The molecular formula is C32H41ClN6O3S. The molecule has 1 aromatic heterocycles. The van der Waals surface area contributed by atoms with Gasteiger partial charge in [0, 0.05) is 48.9 Å². The number of rotatable bonds is 11. The van der Waals surface area contributed by atoms with E-state index in [1.165, 1.54) is 44.5 Å². The Morgan fingerprint density at radius 1 is 1.00 bits per heavy atom. The van der Waals surface area contributed by atoms with Crippen molar-refractivity contribution in [1.29, 1.82) is 0 Å². The van der Waals surface area contributed by atoms with Gasteiger partial charge in [0.2, 0.25) is 10.0 Å². The third-order valence-electron chi connectivity index (χ3n) is 8.84. The van der Waals surface area contributed by atoms with Crippen molar-refractivity contribution in [3.63, 3.8) is 0 Å². The van der Waals surface area contributed by atoms with Crippen molar-refractivity contribution in [2.45, 2.75) is 75.3 Å². The molecule has 3 aliphatic rings. The van der Waals surface area contributed by atoms with E-state index in [-0.39, 0.29) is 10.9 Å². The molecule has 2 saturated heterocycles. The highest BCUT2D eigenvalue weighted by Crippen LogP contribution is 2.32. The van der Waals surface area contributed by atoms with E-state index in [1.54, 1.807) is 30.5 Å².